The monoisotopic (exact) mass is 429 g/mol. The average molecular weight is 430 g/mol. The molecule has 1 aliphatic heterocycles. The first-order valence-electron chi connectivity index (χ1n) is 10.1. The third kappa shape index (κ3) is 4.43. The molecule has 0 radical (unpaired) electrons. The van der Waals surface area contributed by atoms with Crippen LogP contribution in [-0.2, 0) is 22.4 Å². The molecule has 1 N–H and O–H groups in total. The lowest BCUT2D eigenvalue weighted by molar-refractivity contribution is -0.128. The zero-order valence-electron chi connectivity index (χ0n) is 17.0. The van der Waals surface area contributed by atoms with Crippen LogP contribution in [-0.4, -0.2) is 40.6 Å². The third-order valence-corrected chi connectivity index (χ3v) is 6.69. The highest BCUT2D eigenvalue weighted by molar-refractivity contribution is 7.17. The van der Waals surface area contributed by atoms with E-state index in [4.69, 9.17) is 0 Å². The van der Waals surface area contributed by atoms with Gasteiger partial charge in [-0.2, -0.15) is 0 Å². The molecule has 6 nitrogen and oxygen atoms in total. The molecule has 1 unspecified atom stereocenters. The molecular formula is C22H24FN3O3S. The minimum atomic E-state index is -0.446. The number of likely N-dealkylation sites (tertiary alicyclic amines) is 1. The summed E-state index contributed by atoms with van der Waals surface area (Å²) in [5.41, 5.74) is 1.57. The van der Waals surface area contributed by atoms with E-state index >= 15 is 0 Å². The number of benzene rings is 1. The first-order chi connectivity index (χ1) is 14.2. The van der Waals surface area contributed by atoms with Crippen molar-refractivity contribution >= 4 is 34.1 Å². The lowest BCUT2D eigenvalue weighted by Crippen LogP contribution is -2.30. The topological polar surface area (TPSA) is 79.4 Å². The van der Waals surface area contributed by atoms with Gasteiger partial charge in [-0.25, -0.2) is 9.37 Å². The number of hydrogen-bond donors (Lipinski definition) is 1. The summed E-state index contributed by atoms with van der Waals surface area (Å²) in [5.74, 6) is -0.971. The molecule has 4 rings (SSSR count). The summed E-state index contributed by atoms with van der Waals surface area (Å²) in [6.07, 6.45) is 1.96. The Morgan fingerprint density at radius 3 is 2.73 bits per heavy atom. The number of nitrogens with one attached hydrogen (secondary N) is 1. The van der Waals surface area contributed by atoms with E-state index in [1.54, 1.807) is 17.0 Å². The van der Waals surface area contributed by atoms with Crippen molar-refractivity contribution in [3.05, 3.63) is 46.2 Å². The Hall–Kier alpha value is -2.61. The summed E-state index contributed by atoms with van der Waals surface area (Å²) in [7, 11) is 0. The van der Waals surface area contributed by atoms with Gasteiger partial charge in [0.25, 0.3) is 0 Å². The van der Waals surface area contributed by atoms with Gasteiger partial charge in [-0.05, 0) is 36.0 Å². The molecule has 8 heteroatoms. The lowest BCUT2D eigenvalue weighted by atomic mass is 9.78. The number of hydrogen-bond acceptors (Lipinski definition) is 5. The fourth-order valence-electron chi connectivity index (χ4n) is 4.06. The number of anilines is 1. The smallest absolute Gasteiger partial charge is 0.231 e. The largest absolute Gasteiger partial charge is 0.342 e. The summed E-state index contributed by atoms with van der Waals surface area (Å²) in [6, 6.07) is 6.20. The van der Waals surface area contributed by atoms with Crippen LogP contribution in [0.25, 0.3) is 0 Å². The SMILES string of the molecule is CC1(C)CC(=O)c2sc(NC(=O)C3CC(=O)N(CCc4ccc(F)cc4)C3)nc2C1. The van der Waals surface area contributed by atoms with Crippen molar-refractivity contribution < 1.29 is 18.8 Å². The fourth-order valence-corrected chi connectivity index (χ4v) is 4.98. The van der Waals surface area contributed by atoms with Crippen LogP contribution in [0.5, 0.6) is 0 Å². The molecule has 30 heavy (non-hydrogen) atoms. The van der Waals surface area contributed by atoms with Crippen LogP contribution in [0.2, 0.25) is 0 Å². The van der Waals surface area contributed by atoms with Gasteiger partial charge < -0.3 is 10.2 Å². The summed E-state index contributed by atoms with van der Waals surface area (Å²) in [5, 5.41) is 3.23. The molecule has 1 atom stereocenters. The zero-order chi connectivity index (χ0) is 21.5. The summed E-state index contributed by atoms with van der Waals surface area (Å²) in [4.78, 5) is 44.1. The van der Waals surface area contributed by atoms with Crippen molar-refractivity contribution in [1.29, 1.82) is 0 Å². The highest BCUT2D eigenvalue weighted by Crippen LogP contribution is 2.38. The Morgan fingerprint density at radius 2 is 2.00 bits per heavy atom. The van der Waals surface area contributed by atoms with Crippen molar-refractivity contribution in [2.45, 2.75) is 39.5 Å². The third-order valence-electron chi connectivity index (χ3n) is 5.63. The molecule has 2 aliphatic rings. The van der Waals surface area contributed by atoms with E-state index in [2.05, 4.69) is 10.3 Å². The quantitative estimate of drug-likeness (QED) is 0.789. The number of amides is 2. The van der Waals surface area contributed by atoms with Crippen molar-refractivity contribution in [3.63, 3.8) is 0 Å². The van der Waals surface area contributed by atoms with Crippen molar-refractivity contribution in [1.82, 2.24) is 9.88 Å². The molecule has 158 valence electrons. The highest BCUT2D eigenvalue weighted by atomic mass is 32.1. The Morgan fingerprint density at radius 1 is 1.27 bits per heavy atom. The lowest BCUT2D eigenvalue weighted by Gasteiger charge is -2.26. The maximum absolute atomic E-state index is 13.0. The predicted octanol–water partition coefficient (Wildman–Crippen LogP) is 3.47. The van der Waals surface area contributed by atoms with E-state index in [1.807, 2.05) is 13.8 Å². The Bertz CT molecular complexity index is 1000. The van der Waals surface area contributed by atoms with Gasteiger partial charge in [0.1, 0.15) is 5.82 Å². The van der Waals surface area contributed by atoms with E-state index in [9.17, 15) is 18.8 Å². The molecule has 1 aromatic heterocycles. The number of aromatic nitrogens is 1. The second-order valence-electron chi connectivity index (χ2n) is 8.84. The molecule has 0 bridgehead atoms. The van der Waals surface area contributed by atoms with Crippen LogP contribution in [0.3, 0.4) is 0 Å². The number of rotatable bonds is 5. The number of nitrogens with zero attached hydrogens (tertiary/aromatic N) is 2. The molecule has 1 aliphatic carbocycles. The molecule has 2 aromatic rings. The first-order valence-corrected chi connectivity index (χ1v) is 10.9. The van der Waals surface area contributed by atoms with Crippen LogP contribution in [0.1, 0.15) is 47.6 Å². The van der Waals surface area contributed by atoms with Gasteiger partial charge in [0.15, 0.2) is 10.9 Å². The van der Waals surface area contributed by atoms with Gasteiger partial charge in [0, 0.05) is 25.9 Å². The van der Waals surface area contributed by atoms with E-state index in [-0.39, 0.29) is 35.3 Å². The van der Waals surface area contributed by atoms with Crippen molar-refractivity contribution in [2.24, 2.45) is 11.3 Å². The van der Waals surface area contributed by atoms with Crippen molar-refractivity contribution in [3.8, 4) is 0 Å². The zero-order valence-corrected chi connectivity index (χ0v) is 17.9. The normalized spacial score (nSPS) is 20.4. The summed E-state index contributed by atoms with van der Waals surface area (Å²) < 4.78 is 13.0. The summed E-state index contributed by atoms with van der Waals surface area (Å²) in [6.45, 7) is 4.92. The molecule has 2 amide bonds. The molecule has 1 aromatic carbocycles. The Labute approximate surface area is 178 Å². The average Bonchev–Trinajstić information content (AvgIpc) is 3.23. The number of ketones is 1. The number of carbonyl (C=O) groups is 3. The molecule has 0 spiro atoms. The highest BCUT2D eigenvalue weighted by Gasteiger charge is 2.36. The predicted molar refractivity (Wildman–Crippen MR) is 112 cm³/mol. The fraction of sp³-hybridized carbons (Fsp3) is 0.455. The number of Topliss-reactive ketones (excluding diaryl/α,β-unsaturated/α-hetero) is 1. The Balaban J connectivity index is 1.35. The summed E-state index contributed by atoms with van der Waals surface area (Å²) >= 11 is 1.22. The van der Waals surface area contributed by atoms with Crippen LogP contribution in [0.15, 0.2) is 24.3 Å². The van der Waals surface area contributed by atoms with Gasteiger partial charge in [-0.3, -0.25) is 14.4 Å². The van der Waals surface area contributed by atoms with Gasteiger partial charge in [0.05, 0.1) is 16.5 Å². The molecule has 1 fully saturated rings. The Kier molecular flexibility index (Phi) is 5.44. The number of fused-ring (bicyclic) bond motifs is 1. The standard InChI is InChI=1S/C22H24FN3O3S/c1-22(2)10-16-19(17(27)11-22)30-21(24-16)25-20(29)14-9-18(28)26(12-14)8-7-13-3-5-15(23)6-4-13/h3-6,14H,7-12H2,1-2H3,(H,24,25,29). The van der Waals surface area contributed by atoms with E-state index in [1.165, 1.54) is 23.5 Å². The number of thiazole rings is 1. The van der Waals surface area contributed by atoms with Gasteiger partial charge in [0.2, 0.25) is 11.8 Å². The van der Waals surface area contributed by atoms with E-state index in [0.717, 1.165) is 11.3 Å². The van der Waals surface area contributed by atoms with Crippen LogP contribution >= 0.6 is 11.3 Å². The number of carbonyl (C=O) groups excluding carboxylic acids is 3. The molecular weight excluding hydrogens is 405 g/mol. The van der Waals surface area contributed by atoms with Gasteiger partial charge in [-0.1, -0.05) is 37.3 Å². The maximum atomic E-state index is 13.0. The van der Waals surface area contributed by atoms with Crippen LogP contribution < -0.4 is 5.32 Å². The van der Waals surface area contributed by atoms with Crippen molar-refractivity contribution in [2.75, 3.05) is 18.4 Å². The van der Waals surface area contributed by atoms with Gasteiger partial charge >= 0.3 is 0 Å². The van der Waals surface area contributed by atoms with Crippen LogP contribution in [0.4, 0.5) is 9.52 Å². The first kappa shape index (κ1) is 20.7. The number of halogens is 1. The molecule has 0 saturated carbocycles. The van der Waals surface area contributed by atoms with Gasteiger partial charge in [-0.15, -0.1) is 0 Å². The second-order valence-corrected chi connectivity index (χ2v) is 9.84. The maximum Gasteiger partial charge on any atom is 0.231 e. The second kappa shape index (κ2) is 7.91. The van der Waals surface area contributed by atoms with E-state index < -0.39 is 5.92 Å². The minimum absolute atomic E-state index is 0.0624. The van der Waals surface area contributed by atoms with Crippen LogP contribution in [0, 0.1) is 17.2 Å². The van der Waals surface area contributed by atoms with E-state index in [0.29, 0.717) is 42.4 Å². The minimum Gasteiger partial charge on any atom is -0.342 e. The molecule has 2 heterocycles. The molecule has 1 saturated heterocycles.